The molecule has 4 N–H and O–H groups in total. The van der Waals surface area contributed by atoms with E-state index >= 15 is 0 Å². The highest BCUT2D eigenvalue weighted by atomic mass is 32.1. The minimum Gasteiger partial charge on any atom is -0.381 e. The number of ether oxygens (including phenoxy) is 1. The van der Waals surface area contributed by atoms with Crippen LogP contribution in [-0.2, 0) is 9.53 Å². The summed E-state index contributed by atoms with van der Waals surface area (Å²) in [4.78, 5) is 10.7. The first-order valence-electron chi connectivity index (χ1n) is 6.95. The molecule has 0 bridgehead atoms. The van der Waals surface area contributed by atoms with Crippen LogP contribution in [0, 0.1) is 11.8 Å². The van der Waals surface area contributed by atoms with Gasteiger partial charge < -0.3 is 21.1 Å². The van der Waals surface area contributed by atoms with E-state index in [1.54, 1.807) is 0 Å². The molecule has 1 aliphatic rings. The molecule has 1 fully saturated rings. The molecule has 1 aliphatic heterocycles. The van der Waals surface area contributed by atoms with Gasteiger partial charge in [-0.15, -0.1) is 0 Å². The number of primary amides is 1. The van der Waals surface area contributed by atoms with Crippen LogP contribution < -0.4 is 16.4 Å². The van der Waals surface area contributed by atoms with Crippen LogP contribution in [-0.4, -0.2) is 37.3 Å². The van der Waals surface area contributed by atoms with E-state index < -0.39 is 0 Å². The van der Waals surface area contributed by atoms with E-state index in [4.69, 9.17) is 22.7 Å². The molecule has 0 saturated carbocycles. The third-order valence-corrected chi connectivity index (χ3v) is 3.65. The highest BCUT2D eigenvalue weighted by molar-refractivity contribution is 7.80. The van der Waals surface area contributed by atoms with Crippen LogP contribution in [0.3, 0.4) is 0 Å². The van der Waals surface area contributed by atoms with Crippen molar-refractivity contribution in [3.63, 3.8) is 0 Å². The van der Waals surface area contributed by atoms with E-state index in [-0.39, 0.29) is 5.91 Å². The van der Waals surface area contributed by atoms with E-state index in [1.165, 1.54) is 0 Å². The SMILES string of the molecule is C[C@@H](CCNC(=S)NCC1CCOCC1)CC(N)=O. The van der Waals surface area contributed by atoms with Crippen LogP contribution in [0.1, 0.15) is 32.6 Å². The van der Waals surface area contributed by atoms with Gasteiger partial charge in [-0.2, -0.15) is 0 Å². The minimum absolute atomic E-state index is 0.243. The Morgan fingerprint density at radius 1 is 1.42 bits per heavy atom. The molecule has 0 aromatic rings. The first kappa shape index (κ1) is 16.2. The number of carbonyl (C=O) groups is 1. The van der Waals surface area contributed by atoms with Gasteiger partial charge in [0.2, 0.25) is 5.91 Å². The second-order valence-electron chi connectivity index (χ2n) is 5.26. The molecule has 1 saturated heterocycles. The molecule has 0 aliphatic carbocycles. The van der Waals surface area contributed by atoms with Crippen molar-refractivity contribution in [2.75, 3.05) is 26.3 Å². The lowest BCUT2D eigenvalue weighted by Gasteiger charge is -2.23. The predicted molar refractivity (Wildman–Crippen MR) is 79.7 cm³/mol. The molecule has 0 spiro atoms. The van der Waals surface area contributed by atoms with Crippen LogP contribution in [0.2, 0.25) is 0 Å². The molecule has 0 aromatic carbocycles. The van der Waals surface area contributed by atoms with Gasteiger partial charge in [-0.3, -0.25) is 4.79 Å². The third kappa shape index (κ3) is 8.00. The largest absolute Gasteiger partial charge is 0.381 e. The molecular formula is C13H25N3O2S. The van der Waals surface area contributed by atoms with Crippen LogP contribution in [0.25, 0.3) is 0 Å². The quantitative estimate of drug-likeness (QED) is 0.603. The second kappa shape index (κ2) is 9.09. The zero-order valence-corrected chi connectivity index (χ0v) is 12.4. The average molecular weight is 287 g/mol. The number of amides is 1. The lowest BCUT2D eigenvalue weighted by Crippen LogP contribution is -2.39. The summed E-state index contributed by atoms with van der Waals surface area (Å²) in [5.74, 6) is 0.707. The fourth-order valence-corrected chi connectivity index (χ4v) is 2.31. The van der Waals surface area contributed by atoms with Crippen LogP contribution in [0.5, 0.6) is 0 Å². The topological polar surface area (TPSA) is 76.4 Å². The fraction of sp³-hybridized carbons (Fsp3) is 0.846. The van der Waals surface area contributed by atoms with E-state index in [0.717, 1.165) is 45.6 Å². The van der Waals surface area contributed by atoms with Crippen molar-refractivity contribution < 1.29 is 9.53 Å². The van der Waals surface area contributed by atoms with Crippen molar-refractivity contribution in [3.05, 3.63) is 0 Å². The van der Waals surface area contributed by atoms with Crippen molar-refractivity contribution in [1.82, 2.24) is 10.6 Å². The average Bonchev–Trinajstić information content (AvgIpc) is 2.36. The summed E-state index contributed by atoms with van der Waals surface area (Å²) in [6, 6.07) is 0. The van der Waals surface area contributed by atoms with Gasteiger partial charge in [0.05, 0.1) is 0 Å². The van der Waals surface area contributed by atoms with Gasteiger partial charge >= 0.3 is 0 Å². The highest BCUT2D eigenvalue weighted by Crippen LogP contribution is 2.13. The number of thiocarbonyl (C=S) groups is 1. The van der Waals surface area contributed by atoms with Gasteiger partial charge in [0.15, 0.2) is 5.11 Å². The highest BCUT2D eigenvalue weighted by Gasteiger charge is 2.13. The zero-order valence-electron chi connectivity index (χ0n) is 11.6. The Kier molecular flexibility index (Phi) is 7.74. The fourth-order valence-electron chi connectivity index (χ4n) is 2.13. The van der Waals surface area contributed by atoms with Crippen molar-refractivity contribution in [1.29, 1.82) is 0 Å². The molecule has 1 atom stereocenters. The molecule has 110 valence electrons. The number of nitrogens with one attached hydrogen (secondary N) is 2. The molecule has 6 heteroatoms. The van der Waals surface area contributed by atoms with Crippen molar-refractivity contribution in [2.24, 2.45) is 17.6 Å². The zero-order chi connectivity index (χ0) is 14.1. The molecule has 19 heavy (non-hydrogen) atoms. The Hall–Kier alpha value is -0.880. The van der Waals surface area contributed by atoms with Gasteiger partial charge in [0.25, 0.3) is 0 Å². The van der Waals surface area contributed by atoms with Crippen molar-refractivity contribution >= 4 is 23.2 Å². The Balaban J connectivity index is 2.02. The van der Waals surface area contributed by atoms with Crippen molar-refractivity contribution in [2.45, 2.75) is 32.6 Å². The summed E-state index contributed by atoms with van der Waals surface area (Å²) in [6.45, 7) is 5.42. The third-order valence-electron chi connectivity index (χ3n) is 3.36. The van der Waals surface area contributed by atoms with Gasteiger partial charge in [-0.1, -0.05) is 6.92 Å². The Labute approximate surface area is 120 Å². The summed E-state index contributed by atoms with van der Waals surface area (Å²) < 4.78 is 5.32. The summed E-state index contributed by atoms with van der Waals surface area (Å²) >= 11 is 5.22. The van der Waals surface area contributed by atoms with Gasteiger partial charge in [-0.25, -0.2) is 0 Å². The number of rotatable bonds is 7. The number of nitrogens with two attached hydrogens (primary N) is 1. The Morgan fingerprint density at radius 3 is 2.74 bits per heavy atom. The van der Waals surface area contributed by atoms with Gasteiger partial charge in [0, 0.05) is 32.7 Å². The normalized spacial score (nSPS) is 17.7. The molecular weight excluding hydrogens is 262 g/mol. The first-order chi connectivity index (χ1) is 9.08. The molecule has 1 rings (SSSR count). The Bertz CT molecular complexity index is 294. The lowest BCUT2D eigenvalue weighted by molar-refractivity contribution is -0.118. The van der Waals surface area contributed by atoms with E-state index in [9.17, 15) is 4.79 Å². The second-order valence-corrected chi connectivity index (χ2v) is 5.67. The molecule has 1 amide bonds. The van der Waals surface area contributed by atoms with Gasteiger partial charge in [-0.05, 0) is 43.3 Å². The monoisotopic (exact) mass is 287 g/mol. The summed E-state index contributed by atoms with van der Waals surface area (Å²) in [5, 5.41) is 7.10. The number of carbonyl (C=O) groups excluding carboxylic acids is 1. The van der Waals surface area contributed by atoms with Crippen LogP contribution in [0.15, 0.2) is 0 Å². The van der Waals surface area contributed by atoms with E-state index in [0.29, 0.717) is 23.4 Å². The molecule has 0 radical (unpaired) electrons. The summed E-state index contributed by atoms with van der Waals surface area (Å²) in [6.07, 6.45) is 3.53. The predicted octanol–water partition coefficient (Wildman–Crippen LogP) is 0.779. The van der Waals surface area contributed by atoms with Crippen molar-refractivity contribution in [3.8, 4) is 0 Å². The molecule has 5 nitrogen and oxygen atoms in total. The number of hydrogen-bond donors (Lipinski definition) is 3. The minimum atomic E-state index is -0.243. The number of hydrogen-bond acceptors (Lipinski definition) is 3. The smallest absolute Gasteiger partial charge is 0.217 e. The lowest BCUT2D eigenvalue weighted by atomic mass is 10.0. The van der Waals surface area contributed by atoms with Crippen LogP contribution >= 0.6 is 12.2 Å². The van der Waals surface area contributed by atoms with E-state index in [1.807, 2.05) is 6.92 Å². The molecule has 0 unspecified atom stereocenters. The summed E-state index contributed by atoms with van der Waals surface area (Å²) in [7, 11) is 0. The van der Waals surface area contributed by atoms with Gasteiger partial charge in [0.1, 0.15) is 0 Å². The maximum Gasteiger partial charge on any atom is 0.217 e. The Morgan fingerprint density at radius 2 is 2.11 bits per heavy atom. The first-order valence-corrected chi connectivity index (χ1v) is 7.36. The van der Waals surface area contributed by atoms with E-state index in [2.05, 4.69) is 10.6 Å². The standard InChI is InChI=1S/C13H25N3O2S/c1-10(8-12(14)17)2-5-15-13(19)16-9-11-3-6-18-7-4-11/h10-11H,2-9H2,1H3,(H2,14,17)(H2,15,16,19)/t10-/m0/s1. The maximum absolute atomic E-state index is 10.7. The molecule has 0 aromatic heterocycles. The maximum atomic E-state index is 10.7. The molecule has 1 heterocycles. The van der Waals surface area contributed by atoms with Crippen LogP contribution in [0.4, 0.5) is 0 Å². The summed E-state index contributed by atoms with van der Waals surface area (Å²) in [5.41, 5.74) is 5.15.